The molecule has 3 heterocycles. The number of carbonyl (C=O) groups is 1. The maximum atomic E-state index is 13.6. The van der Waals surface area contributed by atoms with E-state index in [-0.39, 0.29) is 16.8 Å². The number of benzene rings is 1. The number of methoxy groups -OCH3 is 2. The van der Waals surface area contributed by atoms with E-state index in [1.54, 1.807) is 14.2 Å². The number of allylic oxidation sites excluding steroid dienone is 2. The van der Waals surface area contributed by atoms with Crippen molar-refractivity contribution in [2.45, 2.75) is 37.8 Å². The summed E-state index contributed by atoms with van der Waals surface area (Å²) < 4.78 is 16.4. The second-order valence-electron chi connectivity index (χ2n) is 10.4. The zero-order valence-electron chi connectivity index (χ0n) is 21.8. The molecule has 2 N–H and O–H groups in total. The van der Waals surface area contributed by atoms with E-state index in [0.717, 1.165) is 49.9 Å². The fourth-order valence-electron chi connectivity index (χ4n) is 5.42. The second kappa shape index (κ2) is 10.5. The van der Waals surface area contributed by atoms with Crippen LogP contribution >= 0.6 is 11.8 Å². The first-order valence-electron chi connectivity index (χ1n) is 12.6. The van der Waals surface area contributed by atoms with E-state index in [0.29, 0.717) is 46.5 Å². The Kier molecular flexibility index (Phi) is 7.33. The normalized spacial score (nSPS) is 21.2. The van der Waals surface area contributed by atoms with Gasteiger partial charge in [-0.2, -0.15) is 0 Å². The van der Waals surface area contributed by atoms with Crippen molar-refractivity contribution in [2.75, 3.05) is 58.1 Å². The van der Waals surface area contributed by atoms with E-state index >= 15 is 0 Å². The van der Waals surface area contributed by atoms with Gasteiger partial charge in [0.25, 0.3) is 5.56 Å². The van der Waals surface area contributed by atoms with Crippen molar-refractivity contribution < 1.29 is 19.0 Å². The molecule has 37 heavy (non-hydrogen) atoms. The maximum absolute atomic E-state index is 13.6. The van der Waals surface area contributed by atoms with Crippen molar-refractivity contribution in [3.05, 3.63) is 50.9 Å². The van der Waals surface area contributed by atoms with Crippen molar-refractivity contribution in [2.24, 2.45) is 5.41 Å². The zero-order chi connectivity index (χ0) is 26.2. The monoisotopic (exact) mass is 526 g/mol. The van der Waals surface area contributed by atoms with E-state index in [1.165, 1.54) is 11.8 Å². The Bertz CT molecular complexity index is 1280. The minimum absolute atomic E-state index is 0.0487. The quantitative estimate of drug-likeness (QED) is 0.415. The van der Waals surface area contributed by atoms with Crippen LogP contribution in [0.15, 0.2) is 39.4 Å². The number of nitrogens with one attached hydrogen (secondary N) is 2. The molecule has 1 aromatic carbocycles. The number of thioether (sulfide) groups is 1. The average molecular weight is 527 g/mol. The van der Waals surface area contributed by atoms with Gasteiger partial charge in [0.1, 0.15) is 5.82 Å². The van der Waals surface area contributed by atoms with E-state index in [1.807, 2.05) is 18.2 Å². The summed E-state index contributed by atoms with van der Waals surface area (Å²) in [5.74, 6) is 1.96. The van der Waals surface area contributed by atoms with Gasteiger partial charge in [-0.3, -0.25) is 14.5 Å². The summed E-state index contributed by atoms with van der Waals surface area (Å²) in [7, 11) is 3.16. The summed E-state index contributed by atoms with van der Waals surface area (Å²) in [6.45, 7) is 8.44. The standard InChI is InChI=1S/C27H34N4O5S/c1-27(2)14-17-22(18(32)15-27)21(16-5-6-19(34-3)20(13-16)35-4)23-24(28-17)29-26(30-25(23)33)37-12-9-31-7-10-36-11-8-31/h5-6,13,21H,7-12,14-15H2,1-4H3,(H2,28,29,30,33)/t21-/m0/s1. The molecule has 0 spiro atoms. The highest BCUT2D eigenvalue weighted by Gasteiger charge is 2.42. The molecule has 0 bridgehead atoms. The average Bonchev–Trinajstić information content (AvgIpc) is 2.87. The molecule has 198 valence electrons. The lowest BCUT2D eigenvalue weighted by molar-refractivity contribution is -0.118. The molecule has 9 nitrogen and oxygen atoms in total. The van der Waals surface area contributed by atoms with Crippen molar-refractivity contribution in [3.63, 3.8) is 0 Å². The third-order valence-electron chi connectivity index (χ3n) is 7.19. The maximum Gasteiger partial charge on any atom is 0.257 e. The third kappa shape index (κ3) is 5.28. The van der Waals surface area contributed by atoms with Gasteiger partial charge in [0, 0.05) is 49.0 Å². The molecule has 1 fully saturated rings. The van der Waals surface area contributed by atoms with Crippen LogP contribution in [0.5, 0.6) is 11.5 Å². The number of hydrogen-bond donors (Lipinski definition) is 2. The predicted octanol–water partition coefficient (Wildman–Crippen LogP) is 3.41. The Hall–Kier alpha value is -2.82. The zero-order valence-corrected chi connectivity index (χ0v) is 22.6. The molecular formula is C27H34N4O5S. The first kappa shape index (κ1) is 25.8. The number of ketones is 1. The molecule has 1 atom stereocenters. The number of aromatic nitrogens is 2. The molecule has 0 saturated carbocycles. The number of rotatable bonds is 7. The second-order valence-corrected chi connectivity index (χ2v) is 11.5. The molecule has 1 aromatic heterocycles. The molecule has 0 amide bonds. The van der Waals surface area contributed by atoms with Crippen LogP contribution in [-0.2, 0) is 9.53 Å². The van der Waals surface area contributed by atoms with E-state index < -0.39 is 5.92 Å². The third-order valence-corrected chi connectivity index (χ3v) is 8.04. The number of H-pyrrole nitrogens is 1. The van der Waals surface area contributed by atoms with E-state index in [2.05, 4.69) is 29.0 Å². The van der Waals surface area contributed by atoms with Gasteiger partial charge in [0.15, 0.2) is 22.4 Å². The van der Waals surface area contributed by atoms with Crippen LogP contribution in [0.2, 0.25) is 0 Å². The number of fused-ring (bicyclic) bond motifs is 1. The number of Topliss-reactive ketones (excluding diaryl/α,β-unsaturated/α-hetero) is 1. The molecule has 3 aliphatic rings. The van der Waals surface area contributed by atoms with Gasteiger partial charge in [-0.1, -0.05) is 31.7 Å². The molecule has 0 unspecified atom stereocenters. The van der Waals surface area contributed by atoms with Crippen LogP contribution in [0, 0.1) is 5.41 Å². The minimum Gasteiger partial charge on any atom is -0.493 e. The van der Waals surface area contributed by atoms with Crippen LogP contribution in [0.1, 0.15) is 43.7 Å². The van der Waals surface area contributed by atoms with Gasteiger partial charge in [-0.05, 0) is 29.5 Å². The largest absolute Gasteiger partial charge is 0.493 e. The summed E-state index contributed by atoms with van der Waals surface area (Å²) in [6.07, 6.45) is 1.12. The number of morpholine rings is 1. The van der Waals surface area contributed by atoms with Gasteiger partial charge < -0.3 is 24.5 Å². The molecule has 2 aliphatic heterocycles. The van der Waals surface area contributed by atoms with Crippen LogP contribution in [-0.4, -0.2) is 73.5 Å². The molecule has 10 heteroatoms. The van der Waals surface area contributed by atoms with Gasteiger partial charge in [-0.25, -0.2) is 4.98 Å². The lowest BCUT2D eigenvalue weighted by Crippen LogP contribution is -2.37. The number of carbonyl (C=O) groups excluding carboxylic acids is 1. The van der Waals surface area contributed by atoms with Gasteiger partial charge in [0.2, 0.25) is 0 Å². The van der Waals surface area contributed by atoms with Crippen LogP contribution < -0.4 is 20.3 Å². The number of nitrogens with zero attached hydrogens (tertiary/aromatic N) is 2. The van der Waals surface area contributed by atoms with Crippen molar-refractivity contribution in [1.82, 2.24) is 14.9 Å². The Morgan fingerprint density at radius 1 is 1.14 bits per heavy atom. The van der Waals surface area contributed by atoms with Crippen molar-refractivity contribution in [1.29, 1.82) is 0 Å². The number of ether oxygens (including phenoxy) is 3. The van der Waals surface area contributed by atoms with E-state index in [4.69, 9.17) is 19.2 Å². The number of aromatic amines is 1. The fraction of sp³-hybridized carbons (Fsp3) is 0.519. The van der Waals surface area contributed by atoms with Gasteiger partial charge in [0.05, 0.1) is 33.0 Å². The Labute approximate surface area is 221 Å². The summed E-state index contributed by atoms with van der Waals surface area (Å²) in [4.78, 5) is 37.2. The molecule has 2 aromatic rings. The SMILES string of the molecule is COc1ccc([C@H]2C3=C(CC(C)(C)CC3=O)Nc3nc(SCCN4CCOCC4)[nH]c(=O)c32)cc1OC. The van der Waals surface area contributed by atoms with Crippen LogP contribution in [0.3, 0.4) is 0 Å². The fourth-order valence-corrected chi connectivity index (χ4v) is 6.29. The minimum atomic E-state index is -0.543. The Morgan fingerprint density at radius 2 is 1.89 bits per heavy atom. The predicted molar refractivity (Wildman–Crippen MR) is 143 cm³/mol. The lowest BCUT2D eigenvalue weighted by Gasteiger charge is -2.38. The van der Waals surface area contributed by atoms with Gasteiger partial charge >= 0.3 is 0 Å². The van der Waals surface area contributed by atoms with Gasteiger partial charge in [-0.15, -0.1) is 0 Å². The van der Waals surface area contributed by atoms with Crippen LogP contribution in [0.25, 0.3) is 0 Å². The molecule has 5 rings (SSSR count). The highest BCUT2D eigenvalue weighted by Crippen LogP contribution is 2.48. The smallest absolute Gasteiger partial charge is 0.257 e. The molecule has 0 radical (unpaired) electrons. The first-order chi connectivity index (χ1) is 17.8. The number of anilines is 1. The molecule has 1 aliphatic carbocycles. The Balaban J connectivity index is 1.52. The Morgan fingerprint density at radius 3 is 2.62 bits per heavy atom. The van der Waals surface area contributed by atoms with Crippen LogP contribution in [0.4, 0.5) is 5.82 Å². The summed E-state index contributed by atoms with van der Waals surface area (Å²) in [5.41, 5.74) is 2.31. The summed E-state index contributed by atoms with van der Waals surface area (Å²) in [6, 6.07) is 5.55. The summed E-state index contributed by atoms with van der Waals surface area (Å²) in [5, 5.41) is 3.96. The van der Waals surface area contributed by atoms with Crippen molar-refractivity contribution >= 4 is 23.4 Å². The van der Waals surface area contributed by atoms with Crippen molar-refractivity contribution in [3.8, 4) is 11.5 Å². The highest BCUT2D eigenvalue weighted by molar-refractivity contribution is 7.99. The topological polar surface area (TPSA) is 106 Å². The summed E-state index contributed by atoms with van der Waals surface area (Å²) >= 11 is 1.53. The lowest BCUT2D eigenvalue weighted by atomic mass is 9.69. The molecule has 1 saturated heterocycles. The van der Waals surface area contributed by atoms with E-state index in [9.17, 15) is 9.59 Å². The molecular weight excluding hydrogens is 492 g/mol. The first-order valence-corrected chi connectivity index (χ1v) is 13.6. The highest BCUT2D eigenvalue weighted by atomic mass is 32.2. The number of hydrogen-bond acceptors (Lipinski definition) is 9.